The minimum absolute atomic E-state index is 0.0265. The van der Waals surface area contributed by atoms with Crippen molar-refractivity contribution in [3.63, 3.8) is 0 Å². The molecule has 2 saturated heterocycles. The van der Waals surface area contributed by atoms with Crippen LogP contribution in [0.1, 0.15) is 24.8 Å². The molecule has 2 aliphatic heterocycles. The fraction of sp³-hybridized carbons (Fsp3) is 0.524. The first-order valence-corrected chi connectivity index (χ1v) is 9.89. The summed E-state index contributed by atoms with van der Waals surface area (Å²) in [5.74, 6) is -1.32. The third-order valence-electron chi connectivity index (χ3n) is 5.63. The molecule has 8 heteroatoms. The van der Waals surface area contributed by atoms with Gasteiger partial charge in [0.15, 0.2) is 0 Å². The standard InChI is InChI=1S/C21H27N3O5/c1-14-3-5-17(6-4-14)24-13-16(11-18(24)25)21(28)23-9-7-15(8-10-23)20(27)22-12-19(26)29-2/h3-6,15-16H,7-13H2,1-2H3,(H,22,27)/t16-/m1/s1. The van der Waals surface area contributed by atoms with Crippen molar-refractivity contribution < 1.29 is 23.9 Å². The molecule has 0 unspecified atom stereocenters. The average Bonchev–Trinajstić information content (AvgIpc) is 3.13. The van der Waals surface area contributed by atoms with Crippen LogP contribution >= 0.6 is 0 Å². The van der Waals surface area contributed by atoms with Crippen LogP contribution in [0.3, 0.4) is 0 Å². The van der Waals surface area contributed by atoms with Crippen LogP contribution in [0.4, 0.5) is 5.69 Å². The number of likely N-dealkylation sites (tertiary alicyclic amines) is 1. The number of ether oxygens (including phenoxy) is 1. The number of carbonyl (C=O) groups excluding carboxylic acids is 4. The molecule has 1 aromatic carbocycles. The van der Waals surface area contributed by atoms with E-state index in [1.54, 1.807) is 9.80 Å². The maximum atomic E-state index is 12.9. The van der Waals surface area contributed by atoms with Gasteiger partial charge < -0.3 is 19.9 Å². The lowest BCUT2D eigenvalue weighted by Gasteiger charge is -2.32. The molecule has 0 aromatic heterocycles. The Bertz CT molecular complexity index is 784. The number of hydrogen-bond acceptors (Lipinski definition) is 5. The zero-order valence-electron chi connectivity index (χ0n) is 16.8. The molecule has 29 heavy (non-hydrogen) atoms. The minimum atomic E-state index is -0.491. The summed E-state index contributed by atoms with van der Waals surface area (Å²) in [4.78, 5) is 52.0. The van der Waals surface area contributed by atoms with Gasteiger partial charge in [-0.3, -0.25) is 19.2 Å². The first-order valence-electron chi connectivity index (χ1n) is 9.89. The van der Waals surface area contributed by atoms with Crippen molar-refractivity contribution in [2.75, 3.05) is 38.2 Å². The molecule has 2 heterocycles. The lowest BCUT2D eigenvalue weighted by atomic mass is 9.94. The van der Waals surface area contributed by atoms with E-state index >= 15 is 0 Å². The van der Waals surface area contributed by atoms with E-state index in [-0.39, 0.29) is 42.5 Å². The smallest absolute Gasteiger partial charge is 0.325 e. The molecule has 0 bridgehead atoms. The minimum Gasteiger partial charge on any atom is -0.468 e. The van der Waals surface area contributed by atoms with E-state index in [1.807, 2.05) is 31.2 Å². The second kappa shape index (κ2) is 9.07. The van der Waals surface area contributed by atoms with Gasteiger partial charge in [-0.25, -0.2) is 0 Å². The van der Waals surface area contributed by atoms with E-state index < -0.39 is 5.97 Å². The van der Waals surface area contributed by atoms with E-state index in [2.05, 4.69) is 10.1 Å². The van der Waals surface area contributed by atoms with Gasteiger partial charge >= 0.3 is 5.97 Å². The quantitative estimate of drug-likeness (QED) is 0.739. The highest BCUT2D eigenvalue weighted by atomic mass is 16.5. The number of amides is 3. The number of piperidine rings is 1. The number of benzene rings is 1. The van der Waals surface area contributed by atoms with Crippen molar-refractivity contribution in [1.29, 1.82) is 0 Å². The topological polar surface area (TPSA) is 96.0 Å². The molecule has 1 aromatic rings. The summed E-state index contributed by atoms with van der Waals surface area (Å²) in [6.07, 6.45) is 1.30. The largest absolute Gasteiger partial charge is 0.468 e. The molecule has 1 N–H and O–H groups in total. The number of hydrogen-bond donors (Lipinski definition) is 1. The van der Waals surface area contributed by atoms with Crippen molar-refractivity contribution in [3.05, 3.63) is 29.8 Å². The number of nitrogens with one attached hydrogen (secondary N) is 1. The molecule has 0 aliphatic carbocycles. The highest BCUT2D eigenvalue weighted by molar-refractivity contribution is 6.00. The Morgan fingerprint density at radius 1 is 1.10 bits per heavy atom. The predicted octanol–water partition coefficient (Wildman–Crippen LogP) is 0.876. The monoisotopic (exact) mass is 401 g/mol. The predicted molar refractivity (Wildman–Crippen MR) is 106 cm³/mol. The fourth-order valence-corrected chi connectivity index (χ4v) is 3.84. The summed E-state index contributed by atoms with van der Waals surface area (Å²) in [7, 11) is 1.27. The number of methoxy groups -OCH3 is 1. The summed E-state index contributed by atoms with van der Waals surface area (Å²) in [6, 6.07) is 7.71. The molecule has 0 radical (unpaired) electrons. The van der Waals surface area contributed by atoms with Crippen molar-refractivity contribution >= 4 is 29.4 Å². The van der Waals surface area contributed by atoms with Gasteiger partial charge in [-0.05, 0) is 31.9 Å². The molecule has 2 fully saturated rings. The Morgan fingerprint density at radius 3 is 2.38 bits per heavy atom. The lowest BCUT2D eigenvalue weighted by Crippen LogP contribution is -2.46. The Kier molecular flexibility index (Phi) is 6.51. The Balaban J connectivity index is 1.50. The second-order valence-electron chi connectivity index (χ2n) is 7.63. The second-order valence-corrected chi connectivity index (χ2v) is 7.63. The number of rotatable bonds is 5. The van der Waals surface area contributed by atoms with Gasteiger partial charge in [0.25, 0.3) is 0 Å². The Morgan fingerprint density at radius 2 is 1.76 bits per heavy atom. The highest BCUT2D eigenvalue weighted by Crippen LogP contribution is 2.28. The van der Waals surface area contributed by atoms with Crippen molar-refractivity contribution in [2.45, 2.75) is 26.2 Å². The molecular formula is C21H27N3O5. The maximum Gasteiger partial charge on any atom is 0.325 e. The Hall–Kier alpha value is -2.90. The number of aryl methyl sites for hydroxylation is 1. The van der Waals surface area contributed by atoms with E-state index in [0.717, 1.165) is 11.3 Å². The molecule has 0 saturated carbocycles. The number of anilines is 1. The summed E-state index contributed by atoms with van der Waals surface area (Å²) >= 11 is 0. The summed E-state index contributed by atoms with van der Waals surface area (Å²) in [5, 5.41) is 2.57. The lowest BCUT2D eigenvalue weighted by molar-refractivity contribution is -0.142. The van der Waals surface area contributed by atoms with Crippen LogP contribution in [0.15, 0.2) is 24.3 Å². The van der Waals surface area contributed by atoms with Gasteiger partial charge in [0.2, 0.25) is 17.7 Å². The van der Waals surface area contributed by atoms with Gasteiger partial charge in [-0.2, -0.15) is 0 Å². The normalized spacial score (nSPS) is 19.9. The number of carbonyl (C=O) groups is 4. The fourth-order valence-electron chi connectivity index (χ4n) is 3.84. The summed E-state index contributed by atoms with van der Waals surface area (Å²) in [6.45, 7) is 3.18. The van der Waals surface area contributed by atoms with Crippen LogP contribution in [0.5, 0.6) is 0 Å². The first-order chi connectivity index (χ1) is 13.9. The van der Waals surface area contributed by atoms with Gasteiger partial charge in [-0.15, -0.1) is 0 Å². The maximum absolute atomic E-state index is 12.9. The Labute approximate surface area is 170 Å². The molecule has 2 aliphatic rings. The van der Waals surface area contributed by atoms with Gasteiger partial charge in [-0.1, -0.05) is 17.7 Å². The van der Waals surface area contributed by atoms with E-state index in [1.165, 1.54) is 7.11 Å². The average molecular weight is 401 g/mol. The van der Waals surface area contributed by atoms with Crippen LogP contribution in [-0.2, 0) is 23.9 Å². The molecule has 156 valence electrons. The molecule has 3 amide bonds. The van der Waals surface area contributed by atoms with Gasteiger partial charge in [0.1, 0.15) is 6.54 Å². The molecule has 0 spiro atoms. The van der Waals surface area contributed by atoms with Crippen LogP contribution in [0, 0.1) is 18.8 Å². The third kappa shape index (κ3) is 4.93. The molecular weight excluding hydrogens is 374 g/mol. The van der Waals surface area contributed by atoms with Crippen LogP contribution in [0.25, 0.3) is 0 Å². The summed E-state index contributed by atoms with van der Waals surface area (Å²) in [5.41, 5.74) is 1.93. The van der Waals surface area contributed by atoms with Crippen molar-refractivity contribution in [2.24, 2.45) is 11.8 Å². The van der Waals surface area contributed by atoms with Crippen molar-refractivity contribution in [1.82, 2.24) is 10.2 Å². The number of nitrogens with zero attached hydrogens (tertiary/aromatic N) is 2. The molecule has 8 nitrogen and oxygen atoms in total. The highest BCUT2D eigenvalue weighted by Gasteiger charge is 2.38. The first kappa shape index (κ1) is 20.8. The molecule has 3 rings (SSSR count). The zero-order valence-corrected chi connectivity index (χ0v) is 16.8. The van der Waals surface area contributed by atoms with Crippen molar-refractivity contribution in [3.8, 4) is 0 Å². The van der Waals surface area contributed by atoms with Gasteiger partial charge in [0.05, 0.1) is 13.0 Å². The van der Waals surface area contributed by atoms with Crippen LogP contribution in [0.2, 0.25) is 0 Å². The third-order valence-corrected chi connectivity index (χ3v) is 5.63. The van der Waals surface area contributed by atoms with E-state index in [4.69, 9.17) is 0 Å². The van der Waals surface area contributed by atoms with E-state index in [9.17, 15) is 19.2 Å². The van der Waals surface area contributed by atoms with Crippen LogP contribution in [-0.4, -0.2) is 61.9 Å². The SMILES string of the molecule is COC(=O)CNC(=O)C1CCN(C(=O)[C@@H]2CC(=O)N(c3ccc(C)cc3)C2)CC1. The van der Waals surface area contributed by atoms with Gasteiger partial charge in [0, 0.05) is 37.7 Å². The van der Waals surface area contributed by atoms with E-state index in [0.29, 0.717) is 32.5 Å². The summed E-state index contributed by atoms with van der Waals surface area (Å²) < 4.78 is 4.51. The molecule has 1 atom stereocenters. The number of esters is 1. The van der Waals surface area contributed by atoms with Crippen LogP contribution < -0.4 is 10.2 Å². The zero-order chi connectivity index (χ0) is 21.0.